The Labute approximate surface area is 444 Å². The lowest BCUT2D eigenvalue weighted by atomic mass is 9.78. The van der Waals surface area contributed by atoms with Gasteiger partial charge in [-0.15, -0.1) is 0 Å². The van der Waals surface area contributed by atoms with Crippen molar-refractivity contribution in [2.24, 2.45) is 23.7 Å². The van der Waals surface area contributed by atoms with E-state index in [1.54, 1.807) is 36.7 Å². The number of pyridine rings is 2. The predicted octanol–water partition coefficient (Wildman–Crippen LogP) is 11.7. The lowest BCUT2D eigenvalue weighted by Crippen LogP contribution is -2.48. The highest BCUT2D eigenvalue weighted by molar-refractivity contribution is 5.78. The standard InChI is InChI=1S/C32H30F3NO5.C29H24F3NO4/c1-30(2)40-15-31(16-41-30)12-22(19-5-3-4-6-25(19)32(33,34)35)20-9-17(7-8-24(20)31)14-39-26-11-18-10-21-27(23(18)13-36-26)28(21)29(37)38;30-29(31,32)23-4-2-1-3-17(23)20-10-28(13-36-14-28)22-6-5-15(7-18(20)22)12-37-24-9-16-8-19-25(21(16)11-33-24)26(19)27(34)35/h3-9,11,13,21-22,27-28H,10,12,14-16H2,1-2H3,(H,37,38);1-7,9,11,19-20,25-26H,8,10,12-14H2,(H,34,35)/t21-,22?,27-,28+;19-,20?,25-,26+/m11/s1. The van der Waals surface area contributed by atoms with Crippen LogP contribution in [0.25, 0.3) is 0 Å². The first-order valence-corrected chi connectivity index (χ1v) is 26.3. The van der Waals surface area contributed by atoms with Gasteiger partial charge in [-0.25, -0.2) is 9.97 Å². The van der Waals surface area contributed by atoms with E-state index in [-0.39, 0.29) is 65.6 Å². The van der Waals surface area contributed by atoms with Gasteiger partial charge in [0.05, 0.1) is 49.4 Å². The number of carboxylic acids is 2. The second-order valence-corrected chi connectivity index (χ2v) is 23.1. The number of hydrogen-bond acceptors (Lipinski definition) is 9. The van der Waals surface area contributed by atoms with E-state index in [0.717, 1.165) is 74.2 Å². The number of benzene rings is 4. The van der Waals surface area contributed by atoms with Crippen molar-refractivity contribution in [3.63, 3.8) is 0 Å². The third-order valence-electron chi connectivity index (χ3n) is 18.1. The third-order valence-corrected chi connectivity index (χ3v) is 18.1. The zero-order valence-electron chi connectivity index (χ0n) is 42.5. The van der Waals surface area contributed by atoms with E-state index >= 15 is 0 Å². The number of aliphatic carboxylic acids is 2. The van der Waals surface area contributed by atoms with E-state index in [4.69, 9.17) is 23.7 Å². The summed E-state index contributed by atoms with van der Waals surface area (Å²) in [6, 6.07) is 27.2. The number of alkyl halides is 6. The summed E-state index contributed by atoms with van der Waals surface area (Å²) >= 11 is 0. The molecule has 4 heterocycles. The maximum atomic E-state index is 14.1. The summed E-state index contributed by atoms with van der Waals surface area (Å²) in [4.78, 5) is 31.5. The second kappa shape index (κ2) is 18.1. The number of halogens is 6. The molecular weight excluding hydrogens is 1020 g/mol. The molecule has 8 aliphatic rings. The van der Waals surface area contributed by atoms with Crippen LogP contribution in [0.2, 0.25) is 0 Å². The maximum Gasteiger partial charge on any atom is 0.416 e. The van der Waals surface area contributed by atoms with Gasteiger partial charge in [-0.2, -0.15) is 26.3 Å². The van der Waals surface area contributed by atoms with Crippen LogP contribution in [0.5, 0.6) is 11.8 Å². The highest BCUT2D eigenvalue weighted by atomic mass is 19.4. The van der Waals surface area contributed by atoms with Crippen molar-refractivity contribution in [3.05, 3.63) is 187 Å². The number of rotatable bonds is 10. The van der Waals surface area contributed by atoms with Crippen molar-refractivity contribution in [2.45, 2.75) is 105 Å². The number of ether oxygens (including phenoxy) is 5. The average molecular weight is 1070 g/mol. The highest BCUT2D eigenvalue weighted by Crippen LogP contribution is 2.63. The summed E-state index contributed by atoms with van der Waals surface area (Å²) in [5, 5.41) is 18.7. The fourth-order valence-corrected chi connectivity index (χ4v) is 14.1. The Morgan fingerprint density at radius 1 is 0.577 bits per heavy atom. The van der Waals surface area contributed by atoms with Crippen LogP contribution in [0.3, 0.4) is 0 Å². The fourth-order valence-electron chi connectivity index (χ4n) is 14.1. The molecule has 2 aliphatic heterocycles. The van der Waals surface area contributed by atoms with Gasteiger partial charge in [-0.3, -0.25) is 9.59 Å². The van der Waals surface area contributed by atoms with Crippen LogP contribution < -0.4 is 9.47 Å². The molecule has 78 heavy (non-hydrogen) atoms. The van der Waals surface area contributed by atoms with E-state index in [9.17, 15) is 46.1 Å². The molecule has 6 aliphatic carbocycles. The molecule has 4 fully saturated rings. The lowest BCUT2D eigenvalue weighted by molar-refractivity contribution is -0.269. The van der Waals surface area contributed by atoms with Crippen LogP contribution in [0, 0.1) is 23.7 Å². The van der Waals surface area contributed by atoms with Crippen molar-refractivity contribution < 1.29 is 69.8 Å². The number of hydrogen-bond donors (Lipinski definition) is 2. The van der Waals surface area contributed by atoms with E-state index in [1.807, 2.05) is 62.4 Å². The molecule has 2 spiro atoms. The smallest absolute Gasteiger partial charge is 0.416 e. The maximum absolute atomic E-state index is 14.1. The second-order valence-electron chi connectivity index (χ2n) is 23.1. The van der Waals surface area contributed by atoms with Gasteiger partial charge in [-0.05, 0) is 130 Å². The summed E-state index contributed by atoms with van der Waals surface area (Å²) in [5.41, 5.74) is 8.12. The Morgan fingerprint density at radius 3 is 1.40 bits per heavy atom. The molecule has 6 aromatic rings. The molecule has 2 unspecified atom stereocenters. The van der Waals surface area contributed by atoms with Gasteiger partial charge in [0.2, 0.25) is 11.8 Å². The van der Waals surface area contributed by atoms with E-state index in [0.29, 0.717) is 63.0 Å². The Hall–Kier alpha value is -6.82. The molecule has 2 aromatic heterocycles. The van der Waals surface area contributed by atoms with Crippen LogP contribution in [0.1, 0.15) is 128 Å². The molecule has 0 radical (unpaired) electrons. The van der Waals surface area contributed by atoms with E-state index < -0.39 is 52.5 Å². The van der Waals surface area contributed by atoms with Gasteiger partial charge in [0.15, 0.2) is 5.79 Å². The van der Waals surface area contributed by atoms with Crippen molar-refractivity contribution in [1.29, 1.82) is 0 Å². The molecule has 4 aromatic carbocycles. The van der Waals surface area contributed by atoms with Gasteiger partial charge in [-0.1, -0.05) is 72.8 Å². The number of nitrogens with zero attached hydrogens (tertiary/aromatic N) is 2. The van der Waals surface area contributed by atoms with Crippen molar-refractivity contribution >= 4 is 11.9 Å². The fraction of sp³-hybridized carbons (Fsp3) is 0.410. The molecule has 2 saturated carbocycles. The first-order chi connectivity index (χ1) is 37.2. The number of fused-ring (bicyclic) bond motifs is 10. The minimum Gasteiger partial charge on any atom is -0.481 e. The van der Waals surface area contributed by atoms with E-state index in [2.05, 4.69) is 9.97 Å². The van der Waals surface area contributed by atoms with Gasteiger partial charge in [0.25, 0.3) is 0 Å². The first-order valence-electron chi connectivity index (χ1n) is 26.3. The molecule has 2 N–H and O–H groups in total. The summed E-state index contributed by atoms with van der Waals surface area (Å²) in [6.07, 6.45) is -2.98. The quantitative estimate of drug-likeness (QED) is 0.126. The van der Waals surface area contributed by atoms with Gasteiger partial charge in [0.1, 0.15) is 13.2 Å². The first kappa shape index (κ1) is 50.7. The summed E-state index contributed by atoms with van der Waals surface area (Å²) in [5.74, 6) is -2.41. The largest absolute Gasteiger partial charge is 0.481 e. The Kier molecular flexibility index (Phi) is 11.8. The summed E-state index contributed by atoms with van der Waals surface area (Å²) in [7, 11) is 0. The molecule has 8 atom stereocenters. The van der Waals surface area contributed by atoms with Crippen LogP contribution in [-0.4, -0.2) is 64.3 Å². The highest BCUT2D eigenvalue weighted by Gasteiger charge is 2.61. The molecule has 0 amide bonds. The zero-order valence-corrected chi connectivity index (χ0v) is 42.5. The van der Waals surface area contributed by atoms with Crippen molar-refractivity contribution in [2.75, 3.05) is 26.4 Å². The van der Waals surface area contributed by atoms with Gasteiger partial charge < -0.3 is 33.9 Å². The Morgan fingerprint density at radius 2 is 1.00 bits per heavy atom. The van der Waals surface area contributed by atoms with E-state index in [1.165, 1.54) is 12.1 Å². The Bertz CT molecular complexity index is 3420. The molecule has 404 valence electrons. The monoisotopic (exact) mass is 1070 g/mol. The van der Waals surface area contributed by atoms with Crippen molar-refractivity contribution in [3.8, 4) is 11.8 Å². The van der Waals surface area contributed by atoms with Crippen LogP contribution in [-0.2, 0) is 73.0 Å². The topological polar surface area (TPSA) is 147 Å². The van der Waals surface area contributed by atoms with Crippen LogP contribution in [0.4, 0.5) is 26.3 Å². The molecule has 17 heteroatoms. The van der Waals surface area contributed by atoms with Gasteiger partial charge >= 0.3 is 24.3 Å². The minimum atomic E-state index is -4.47. The van der Waals surface area contributed by atoms with Gasteiger partial charge in [0, 0.05) is 59.0 Å². The zero-order chi connectivity index (χ0) is 54.3. The normalized spacial score (nSPS) is 26.5. The molecule has 11 nitrogen and oxygen atoms in total. The summed E-state index contributed by atoms with van der Waals surface area (Å²) < 4.78 is 113. The van der Waals surface area contributed by atoms with Crippen LogP contribution >= 0.6 is 0 Å². The predicted molar refractivity (Wildman–Crippen MR) is 268 cm³/mol. The lowest BCUT2D eigenvalue weighted by Gasteiger charge is -2.42. The van der Waals surface area contributed by atoms with Crippen molar-refractivity contribution in [1.82, 2.24) is 9.97 Å². The van der Waals surface area contributed by atoms with Crippen LogP contribution in [0.15, 0.2) is 109 Å². The molecule has 2 saturated heterocycles. The third kappa shape index (κ3) is 8.62. The Balaban J connectivity index is 0.000000149. The molecule has 14 rings (SSSR count). The summed E-state index contributed by atoms with van der Waals surface area (Å²) in [6.45, 7) is 5.87. The molecular formula is C61H54F6N2O9. The average Bonchev–Trinajstić information content (AvgIpc) is 4.11. The minimum absolute atomic E-state index is 0.0444. The number of carbonyl (C=O) groups is 2. The SMILES string of the molecule is CC1(C)OCC2(CO1)CC(c1ccccc1C(F)(F)F)c1cc(COc3cc4c(cn3)[C@H]3[C@@H](C4)[C@@H]3C(=O)O)ccc12.O=C(O)[C@H]1[C@@H]2Cc3cc(OCc4ccc5c(c4)C(c4ccccc4C(F)(F)F)CC54COC4)ncc3[C@@H]21. The number of carboxylic acid groups (broad SMARTS) is 2. The molecule has 0 bridgehead atoms. The number of aromatic nitrogens is 2.